The average molecular weight is 323 g/mol. The maximum Gasteiger partial charge on any atom is 1.00 e. The molecular formula is C16H14NNaO3S. The van der Waals surface area contributed by atoms with E-state index in [1.807, 2.05) is 48.5 Å². The molecule has 6 heteroatoms. The van der Waals surface area contributed by atoms with Gasteiger partial charge in [-0.2, -0.15) is 0 Å². The third-order valence-corrected chi connectivity index (χ3v) is 3.65. The molecule has 4 nitrogen and oxygen atoms in total. The van der Waals surface area contributed by atoms with Gasteiger partial charge in [0, 0.05) is 27.9 Å². The van der Waals surface area contributed by atoms with E-state index in [9.17, 15) is 14.7 Å². The van der Waals surface area contributed by atoms with E-state index in [0.29, 0.717) is 5.69 Å². The summed E-state index contributed by atoms with van der Waals surface area (Å²) in [5, 5.41) is 13.0. The Labute approximate surface area is 155 Å². The first-order valence-electron chi connectivity index (χ1n) is 6.46. The molecule has 0 radical (unpaired) electrons. The van der Waals surface area contributed by atoms with Crippen LogP contribution in [0.15, 0.2) is 64.4 Å². The molecule has 108 valence electrons. The number of rotatable bonds is 6. The number of anilines is 1. The van der Waals surface area contributed by atoms with Crippen molar-refractivity contribution in [2.75, 3.05) is 5.32 Å². The molecule has 2 rings (SSSR count). The largest absolute Gasteiger partial charge is 1.00 e. The zero-order valence-corrected chi connectivity index (χ0v) is 15.1. The van der Waals surface area contributed by atoms with Gasteiger partial charge in [-0.15, -0.1) is 0 Å². The predicted molar refractivity (Wildman–Crippen MR) is 79.9 cm³/mol. The smallest absolute Gasteiger partial charge is 0.550 e. The molecule has 2 aromatic rings. The van der Waals surface area contributed by atoms with Gasteiger partial charge in [0.25, 0.3) is 0 Å². The van der Waals surface area contributed by atoms with Crippen LogP contribution in [0.5, 0.6) is 0 Å². The summed E-state index contributed by atoms with van der Waals surface area (Å²) in [6.45, 7) is 0. The van der Waals surface area contributed by atoms with E-state index in [1.54, 1.807) is 17.8 Å². The molecule has 0 spiro atoms. The summed E-state index contributed by atoms with van der Waals surface area (Å²) in [5.41, 5.74) is 0.652. The Morgan fingerprint density at radius 3 is 2.32 bits per heavy atom. The maximum absolute atomic E-state index is 11.6. The van der Waals surface area contributed by atoms with E-state index in [4.69, 9.17) is 0 Å². The second-order valence-corrected chi connectivity index (χ2v) is 5.51. The number of aliphatic carboxylic acids is 1. The molecular weight excluding hydrogens is 309 g/mol. The van der Waals surface area contributed by atoms with E-state index in [-0.39, 0.29) is 48.3 Å². The third kappa shape index (κ3) is 6.66. The number of hydrogen-bond donors (Lipinski definition) is 1. The van der Waals surface area contributed by atoms with Crippen molar-refractivity contribution in [3.8, 4) is 0 Å². The van der Waals surface area contributed by atoms with Gasteiger partial charge in [0.15, 0.2) is 0 Å². The quantitative estimate of drug-likeness (QED) is 0.715. The van der Waals surface area contributed by atoms with Crippen molar-refractivity contribution in [3.63, 3.8) is 0 Å². The summed E-state index contributed by atoms with van der Waals surface area (Å²) in [5.74, 6) is -1.56. The minimum atomic E-state index is -1.22. The Morgan fingerprint density at radius 1 is 0.955 bits per heavy atom. The normalized spacial score (nSPS) is 9.64. The van der Waals surface area contributed by atoms with Gasteiger partial charge in [-0.05, 0) is 36.8 Å². The molecule has 22 heavy (non-hydrogen) atoms. The second-order valence-electron chi connectivity index (χ2n) is 4.36. The van der Waals surface area contributed by atoms with Crippen LogP contribution in [0.4, 0.5) is 5.69 Å². The molecule has 0 bridgehead atoms. The van der Waals surface area contributed by atoms with Crippen LogP contribution in [0.2, 0.25) is 0 Å². The average Bonchev–Trinajstić information content (AvgIpc) is 2.46. The van der Waals surface area contributed by atoms with Crippen molar-refractivity contribution in [1.29, 1.82) is 0 Å². The molecule has 1 N–H and O–H groups in total. The molecule has 0 aliphatic rings. The number of carboxylic acids is 1. The van der Waals surface area contributed by atoms with Crippen molar-refractivity contribution in [2.24, 2.45) is 0 Å². The van der Waals surface area contributed by atoms with Crippen LogP contribution in [0.25, 0.3) is 0 Å². The fourth-order valence-corrected chi connectivity index (χ4v) is 2.60. The van der Waals surface area contributed by atoms with Crippen molar-refractivity contribution in [2.45, 2.75) is 22.6 Å². The Kier molecular flexibility index (Phi) is 8.27. The minimum Gasteiger partial charge on any atom is -0.550 e. The number of carboxylic acid groups (broad SMARTS) is 1. The van der Waals surface area contributed by atoms with E-state index < -0.39 is 5.97 Å². The number of hydrogen-bond acceptors (Lipinski definition) is 4. The first-order valence-corrected chi connectivity index (χ1v) is 7.28. The number of amides is 1. The van der Waals surface area contributed by atoms with Crippen LogP contribution >= 0.6 is 11.8 Å². The van der Waals surface area contributed by atoms with Gasteiger partial charge in [-0.1, -0.05) is 36.0 Å². The van der Waals surface area contributed by atoms with Gasteiger partial charge in [0.2, 0.25) is 5.91 Å². The SMILES string of the molecule is O=C([O-])CCC(=O)Nc1cccc(Sc2ccccc2)c1.[Na+]. The van der Waals surface area contributed by atoms with Crippen molar-refractivity contribution in [1.82, 2.24) is 0 Å². The Bertz CT molecular complexity index is 634. The monoisotopic (exact) mass is 323 g/mol. The van der Waals surface area contributed by atoms with E-state index in [2.05, 4.69) is 5.32 Å². The van der Waals surface area contributed by atoms with Gasteiger partial charge in [0.1, 0.15) is 0 Å². The molecule has 0 aliphatic carbocycles. The fraction of sp³-hybridized carbons (Fsp3) is 0.125. The molecule has 0 aromatic heterocycles. The summed E-state index contributed by atoms with van der Waals surface area (Å²) < 4.78 is 0. The topological polar surface area (TPSA) is 69.2 Å². The maximum atomic E-state index is 11.6. The first kappa shape index (κ1) is 18.8. The van der Waals surface area contributed by atoms with Gasteiger partial charge < -0.3 is 15.2 Å². The van der Waals surface area contributed by atoms with Crippen molar-refractivity contribution in [3.05, 3.63) is 54.6 Å². The summed E-state index contributed by atoms with van der Waals surface area (Å²) in [4.78, 5) is 24.0. The standard InChI is InChI=1S/C16H15NO3S.Na/c18-15(9-10-16(19)20)17-12-5-4-8-14(11-12)21-13-6-2-1-3-7-13;/h1-8,11H,9-10H2,(H,17,18)(H,19,20);/q;+1/p-1. The van der Waals surface area contributed by atoms with Gasteiger partial charge >= 0.3 is 29.6 Å². The summed E-state index contributed by atoms with van der Waals surface area (Å²) in [6.07, 6.45) is -0.358. The Hall–Kier alpha value is -1.27. The number of carbonyl (C=O) groups is 2. The van der Waals surface area contributed by atoms with Crippen LogP contribution in [0.1, 0.15) is 12.8 Å². The van der Waals surface area contributed by atoms with Crippen LogP contribution in [0.3, 0.4) is 0 Å². The van der Waals surface area contributed by atoms with E-state index >= 15 is 0 Å². The molecule has 0 unspecified atom stereocenters. The van der Waals surface area contributed by atoms with Crippen LogP contribution in [-0.4, -0.2) is 11.9 Å². The van der Waals surface area contributed by atoms with Gasteiger partial charge in [0.05, 0.1) is 0 Å². The molecule has 2 aromatic carbocycles. The molecule has 0 saturated carbocycles. The van der Waals surface area contributed by atoms with Crippen molar-refractivity contribution < 1.29 is 44.3 Å². The zero-order chi connectivity index (χ0) is 15.1. The van der Waals surface area contributed by atoms with Crippen LogP contribution < -0.4 is 40.0 Å². The minimum absolute atomic E-state index is 0. The van der Waals surface area contributed by atoms with Crippen LogP contribution in [-0.2, 0) is 9.59 Å². The number of benzene rings is 2. The Morgan fingerprint density at radius 2 is 1.64 bits per heavy atom. The third-order valence-electron chi connectivity index (χ3n) is 2.65. The van der Waals surface area contributed by atoms with E-state index in [0.717, 1.165) is 9.79 Å². The summed E-state index contributed by atoms with van der Waals surface area (Å²) >= 11 is 1.59. The molecule has 0 saturated heterocycles. The summed E-state index contributed by atoms with van der Waals surface area (Å²) in [7, 11) is 0. The summed E-state index contributed by atoms with van der Waals surface area (Å²) in [6, 6.07) is 17.3. The number of nitrogens with one attached hydrogen (secondary N) is 1. The van der Waals surface area contributed by atoms with Gasteiger partial charge in [-0.3, -0.25) is 4.79 Å². The number of carbonyl (C=O) groups excluding carboxylic acids is 2. The van der Waals surface area contributed by atoms with Gasteiger partial charge in [-0.25, -0.2) is 0 Å². The first-order chi connectivity index (χ1) is 10.1. The molecule has 0 atom stereocenters. The second kappa shape index (κ2) is 9.69. The predicted octanol–water partition coefficient (Wildman–Crippen LogP) is -0.690. The van der Waals surface area contributed by atoms with Crippen LogP contribution in [0, 0.1) is 0 Å². The Balaban J connectivity index is 0.00000242. The molecule has 1 amide bonds. The molecule has 0 fully saturated rings. The van der Waals surface area contributed by atoms with Crippen molar-refractivity contribution >= 4 is 29.3 Å². The van der Waals surface area contributed by atoms with E-state index in [1.165, 1.54) is 0 Å². The fourth-order valence-electron chi connectivity index (χ4n) is 1.70. The molecule has 0 heterocycles. The molecule has 0 aliphatic heterocycles. The zero-order valence-electron chi connectivity index (χ0n) is 12.2.